The van der Waals surface area contributed by atoms with Gasteiger partial charge in [-0.05, 0) is 30.7 Å². The van der Waals surface area contributed by atoms with E-state index in [2.05, 4.69) is 0 Å². The molecule has 2 rings (SSSR count). The summed E-state index contributed by atoms with van der Waals surface area (Å²) in [5.41, 5.74) is 1.44. The van der Waals surface area contributed by atoms with Gasteiger partial charge in [0.05, 0.1) is 20.1 Å². The van der Waals surface area contributed by atoms with Gasteiger partial charge in [-0.3, -0.25) is 4.79 Å². The molecular weight excluding hydrogens is 315 g/mol. The number of methoxy groups -OCH3 is 1. The maximum absolute atomic E-state index is 14.4. The van der Waals surface area contributed by atoms with Crippen molar-refractivity contribution in [1.82, 2.24) is 0 Å². The number of esters is 1. The van der Waals surface area contributed by atoms with Crippen LogP contribution in [0.3, 0.4) is 0 Å². The van der Waals surface area contributed by atoms with Crippen molar-refractivity contribution < 1.29 is 18.7 Å². The molecular formula is C18H19FO3S. The highest BCUT2D eigenvalue weighted by Gasteiger charge is 2.12. The highest BCUT2D eigenvalue weighted by atomic mass is 32.2. The summed E-state index contributed by atoms with van der Waals surface area (Å²) in [5.74, 6) is 0.674. The van der Waals surface area contributed by atoms with Gasteiger partial charge in [0.2, 0.25) is 0 Å². The van der Waals surface area contributed by atoms with Crippen molar-refractivity contribution in [3.8, 4) is 5.75 Å². The Bertz CT molecular complexity index is 656. The van der Waals surface area contributed by atoms with E-state index in [0.29, 0.717) is 22.8 Å². The van der Waals surface area contributed by atoms with Crippen LogP contribution in [0.5, 0.6) is 5.75 Å². The molecule has 2 aromatic rings. The van der Waals surface area contributed by atoms with Gasteiger partial charge in [-0.2, -0.15) is 0 Å². The van der Waals surface area contributed by atoms with Gasteiger partial charge in [-0.15, -0.1) is 11.8 Å². The minimum absolute atomic E-state index is 0.0450. The number of carbonyl (C=O) groups excluding carboxylic acids is 1. The van der Waals surface area contributed by atoms with Crippen LogP contribution in [0, 0.1) is 5.82 Å². The molecule has 0 spiro atoms. The van der Waals surface area contributed by atoms with Gasteiger partial charge in [0.25, 0.3) is 0 Å². The van der Waals surface area contributed by atoms with Gasteiger partial charge < -0.3 is 9.47 Å². The second-order valence-electron chi connectivity index (χ2n) is 4.85. The molecule has 5 heteroatoms. The minimum atomic E-state index is -0.413. The second kappa shape index (κ2) is 8.58. The van der Waals surface area contributed by atoms with Crippen molar-refractivity contribution >= 4 is 17.7 Å². The molecule has 0 fully saturated rings. The van der Waals surface area contributed by atoms with Gasteiger partial charge in [0.1, 0.15) is 11.6 Å². The number of thioether (sulfide) groups is 1. The number of carbonyl (C=O) groups is 1. The number of rotatable bonds is 7. The first-order valence-corrected chi connectivity index (χ1v) is 8.31. The lowest BCUT2D eigenvalue weighted by Crippen LogP contribution is -2.09. The van der Waals surface area contributed by atoms with Crippen LogP contribution in [0.25, 0.3) is 0 Å². The van der Waals surface area contributed by atoms with E-state index in [4.69, 9.17) is 9.47 Å². The quantitative estimate of drug-likeness (QED) is 0.561. The fourth-order valence-corrected chi connectivity index (χ4v) is 3.00. The van der Waals surface area contributed by atoms with Gasteiger partial charge in [0.15, 0.2) is 0 Å². The Morgan fingerprint density at radius 1 is 1.17 bits per heavy atom. The first-order valence-electron chi connectivity index (χ1n) is 7.32. The topological polar surface area (TPSA) is 35.5 Å². The molecule has 122 valence electrons. The molecule has 23 heavy (non-hydrogen) atoms. The zero-order valence-electron chi connectivity index (χ0n) is 13.2. The third-order valence-electron chi connectivity index (χ3n) is 3.24. The van der Waals surface area contributed by atoms with E-state index >= 15 is 0 Å². The van der Waals surface area contributed by atoms with Crippen LogP contribution in [0.2, 0.25) is 0 Å². The van der Waals surface area contributed by atoms with Crippen LogP contribution in [-0.4, -0.2) is 19.7 Å². The Morgan fingerprint density at radius 2 is 1.91 bits per heavy atom. The van der Waals surface area contributed by atoms with Gasteiger partial charge in [0, 0.05) is 16.2 Å². The molecule has 0 amide bonds. The maximum atomic E-state index is 14.4. The van der Waals surface area contributed by atoms with Crippen molar-refractivity contribution in [2.75, 3.05) is 13.7 Å². The summed E-state index contributed by atoms with van der Waals surface area (Å²) >= 11 is 1.40. The largest absolute Gasteiger partial charge is 0.497 e. The second-order valence-corrected chi connectivity index (χ2v) is 5.86. The Balaban J connectivity index is 2.03. The van der Waals surface area contributed by atoms with E-state index in [0.717, 1.165) is 11.3 Å². The molecule has 0 saturated heterocycles. The third kappa shape index (κ3) is 4.99. The molecule has 0 N–H and O–H groups in total. The Kier molecular flexibility index (Phi) is 6.47. The van der Waals surface area contributed by atoms with Crippen LogP contribution < -0.4 is 4.74 Å². The number of hydrogen-bond donors (Lipinski definition) is 0. The number of halogens is 1. The van der Waals surface area contributed by atoms with Gasteiger partial charge in [-0.1, -0.05) is 24.3 Å². The van der Waals surface area contributed by atoms with Crippen molar-refractivity contribution in [1.29, 1.82) is 0 Å². The molecule has 2 aromatic carbocycles. The molecule has 3 nitrogen and oxygen atoms in total. The Labute approximate surface area is 139 Å². The zero-order valence-corrected chi connectivity index (χ0v) is 14.0. The molecule has 0 aliphatic heterocycles. The highest BCUT2D eigenvalue weighted by Crippen LogP contribution is 2.28. The lowest BCUT2D eigenvalue weighted by Gasteiger charge is -2.08. The van der Waals surface area contributed by atoms with Gasteiger partial charge >= 0.3 is 5.97 Å². The van der Waals surface area contributed by atoms with Crippen LogP contribution >= 0.6 is 11.8 Å². The molecule has 0 radical (unpaired) electrons. The first kappa shape index (κ1) is 17.3. The number of ether oxygens (including phenoxy) is 2. The summed E-state index contributed by atoms with van der Waals surface area (Å²) in [6.45, 7) is 2.03. The lowest BCUT2D eigenvalue weighted by atomic mass is 10.1. The number of benzene rings is 2. The van der Waals surface area contributed by atoms with Crippen molar-refractivity contribution in [3.63, 3.8) is 0 Å². The van der Waals surface area contributed by atoms with Crippen molar-refractivity contribution in [3.05, 3.63) is 59.4 Å². The standard InChI is InChI=1S/C18H19FO3S/c1-3-22-17(20)11-14-5-4-6-16(18(14)19)23-12-13-7-9-15(21-2)10-8-13/h4-10H,3,11-12H2,1-2H3. The average Bonchev–Trinajstić information content (AvgIpc) is 2.56. The summed E-state index contributed by atoms with van der Waals surface area (Å²) < 4.78 is 24.4. The zero-order chi connectivity index (χ0) is 16.7. The van der Waals surface area contributed by atoms with E-state index in [9.17, 15) is 9.18 Å². The van der Waals surface area contributed by atoms with E-state index in [1.54, 1.807) is 32.2 Å². The van der Waals surface area contributed by atoms with Crippen LogP contribution in [0.4, 0.5) is 4.39 Å². The number of hydrogen-bond acceptors (Lipinski definition) is 4. The summed E-state index contributed by atoms with van der Waals surface area (Å²) in [6, 6.07) is 12.8. The molecule has 0 saturated carbocycles. The molecule has 0 unspecified atom stereocenters. The Hall–Kier alpha value is -2.01. The summed E-state index contributed by atoms with van der Waals surface area (Å²) in [5, 5.41) is 0. The minimum Gasteiger partial charge on any atom is -0.497 e. The monoisotopic (exact) mass is 334 g/mol. The smallest absolute Gasteiger partial charge is 0.310 e. The summed E-state index contributed by atoms with van der Waals surface area (Å²) in [6.07, 6.45) is -0.0450. The fraction of sp³-hybridized carbons (Fsp3) is 0.278. The van der Waals surface area contributed by atoms with Crippen LogP contribution in [0.15, 0.2) is 47.4 Å². The molecule has 0 aromatic heterocycles. The van der Waals surface area contributed by atoms with Crippen LogP contribution in [0.1, 0.15) is 18.1 Å². The fourth-order valence-electron chi connectivity index (χ4n) is 2.05. The highest BCUT2D eigenvalue weighted by molar-refractivity contribution is 7.98. The van der Waals surface area contributed by atoms with E-state index in [-0.39, 0.29) is 12.2 Å². The van der Waals surface area contributed by atoms with E-state index < -0.39 is 5.97 Å². The average molecular weight is 334 g/mol. The maximum Gasteiger partial charge on any atom is 0.310 e. The molecule has 0 heterocycles. The van der Waals surface area contributed by atoms with E-state index in [1.165, 1.54) is 11.8 Å². The molecule has 0 atom stereocenters. The molecule has 0 bridgehead atoms. The molecule has 0 aliphatic carbocycles. The predicted molar refractivity (Wildman–Crippen MR) is 89.3 cm³/mol. The summed E-state index contributed by atoms with van der Waals surface area (Å²) in [7, 11) is 1.62. The normalized spacial score (nSPS) is 10.4. The Morgan fingerprint density at radius 3 is 2.57 bits per heavy atom. The van der Waals surface area contributed by atoms with Crippen molar-refractivity contribution in [2.24, 2.45) is 0 Å². The first-order chi connectivity index (χ1) is 11.1. The van der Waals surface area contributed by atoms with E-state index in [1.807, 2.05) is 24.3 Å². The predicted octanol–water partition coefficient (Wildman–Crippen LogP) is 4.23. The van der Waals surface area contributed by atoms with Crippen molar-refractivity contribution in [2.45, 2.75) is 24.0 Å². The van der Waals surface area contributed by atoms with Crippen LogP contribution in [-0.2, 0) is 21.7 Å². The van der Waals surface area contributed by atoms with Gasteiger partial charge in [-0.25, -0.2) is 4.39 Å². The third-order valence-corrected chi connectivity index (χ3v) is 4.34. The SMILES string of the molecule is CCOC(=O)Cc1cccc(SCc2ccc(OC)cc2)c1F. The lowest BCUT2D eigenvalue weighted by molar-refractivity contribution is -0.142. The summed E-state index contributed by atoms with van der Waals surface area (Å²) in [4.78, 5) is 12.0. The molecule has 0 aliphatic rings.